The van der Waals surface area contributed by atoms with Gasteiger partial charge in [0, 0.05) is 4.88 Å². The summed E-state index contributed by atoms with van der Waals surface area (Å²) in [5.41, 5.74) is 0.953. The maximum Gasteiger partial charge on any atom is 0.189 e. The zero-order valence-corrected chi connectivity index (χ0v) is 13.6. The van der Waals surface area contributed by atoms with E-state index in [0.29, 0.717) is 10.2 Å². The molecular formula is C10H14ClN3O2S3. The van der Waals surface area contributed by atoms with Gasteiger partial charge in [-0.1, -0.05) is 0 Å². The van der Waals surface area contributed by atoms with Gasteiger partial charge in [-0.2, -0.15) is 0 Å². The normalized spacial score (nSPS) is 25.2. The van der Waals surface area contributed by atoms with Crippen molar-refractivity contribution < 1.29 is 8.42 Å². The van der Waals surface area contributed by atoms with Crippen molar-refractivity contribution in [3.05, 3.63) is 10.6 Å². The molecule has 1 fully saturated rings. The van der Waals surface area contributed by atoms with Crippen molar-refractivity contribution >= 4 is 55.2 Å². The maximum atomic E-state index is 11.4. The highest BCUT2D eigenvalue weighted by Gasteiger charge is 2.36. The van der Waals surface area contributed by atoms with Crippen LogP contribution in [0.4, 0.5) is 5.13 Å². The van der Waals surface area contributed by atoms with Crippen LogP contribution in [0.25, 0.3) is 0 Å². The van der Waals surface area contributed by atoms with E-state index in [1.165, 1.54) is 11.3 Å². The fourth-order valence-corrected chi connectivity index (χ4v) is 5.45. The number of rotatable bonds is 2. The molecular weight excluding hydrogens is 326 g/mol. The lowest BCUT2D eigenvalue weighted by atomic mass is 10.3. The summed E-state index contributed by atoms with van der Waals surface area (Å²) in [5.74, 6) is 0.00319. The summed E-state index contributed by atoms with van der Waals surface area (Å²) in [7, 11) is -3.06. The van der Waals surface area contributed by atoms with Crippen molar-refractivity contribution in [1.82, 2.24) is 10.3 Å². The van der Waals surface area contributed by atoms with Crippen molar-refractivity contribution in [1.29, 1.82) is 0 Å². The Morgan fingerprint density at radius 2 is 2.16 bits per heavy atom. The van der Waals surface area contributed by atoms with E-state index in [4.69, 9.17) is 23.8 Å². The van der Waals surface area contributed by atoms with Gasteiger partial charge in [-0.15, -0.1) is 22.9 Å². The van der Waals surface area contributed by atoms with Crippen molar-refractivity contribution in [3.8, 4) is 0 Å². The summed E-state index contributed by atoms with van der Waals surface area (Å²) >= 11 is 12.6. The highest BCUT2D eigenvalue weighted by atomic mass is 35.5. The van der Waals surface area contributed by atoms with Crippen LogP contribution < -0.4 is 10.6 Å². The van der Waals surface area contributed by atoms with Crippen LogP contribution >= 0.6 is 35.2 Å². The van der Waals surface area contributed by atoms with Gasteiger partial charge in [0.25, 0.3) is 0 Å². The molecule has 1 aliphatic rings. The summed E-state index contributed by atoms with van der Waals surface area (Å²) in [6.07, 6.45) is 0. The lowest BCUT2D eigenvalue weighted by molar-refractivity contribution is 0.600. The van der Waals surface area contributed by atoms with Crippen LogP contribution in [-0.2, 0) is 9.84 Å². The summed E-state index contributed by atoms with van der Waals surface area (Å²) in [6, 6.07) is -0.353. The molecule has 0 amide bonds. The van der Waals surface area contributed by atoms with Crippen LogP contribution in [0.5, 0.6) is 0 Å². The molecule has 106 valence electrons. The van der Waals surface area contributed by atoms with Gasteiger partial charge in [0.05, 0.1) is 28.6 Å². The summed E-state index contributed by atoms with van der Waals surface area (Å²) in [6.45, 7) is 3.90. The minimum absolute atomic E-state index is 0.00962. The van der Waals surface area contributed by atoms with Crippen LogP contribution in [0.3, 0.4) is 0 Å². The van der Waals surface area contributed by atoms with Gasteiger partial charge in [0.15, 0.2) is 20.1 Å². The Labute approximate surface area is 126 Å². The molecule has 19 heavy (non-hydrogen) atoms. The van der Waals surface area contributed by atoms with Gasteiger partial charge in [-0.25, -0.2) is 13.4 Å². The van der Waals surface area contributed by atoms with E-state index in [-0.39, 0.29) is 17.5 Å². The van der Waals surface area contributed by atoms with Crippen molar-refractivity contribution in [3.63, 3.8) is 0 Å². The fraction of sp³-hybridized carbons (Fsp3) is 0.600. The Bertz CT molecular complexity index is 580. The minimum Gasteiger partial charge on any atom is -0.357 e. The lowest BCUT2D eigenvalue weighted by Gasteiger charge is -2.16. The largest absolute Gasteiger partial charge is 0.357 e. The van der Waals surface area contributed by atoms with E-state index in [1.54, 1.807) is 0 Å². The molecule has 0 spiro atoms. The Kier molecular flexibility index (Phi) is 4.34. The molecule has 9 heteroatoms. The zero-order chi connectivity index (χ0) is 14.2. The van der Waals surface area contributed by atoms with Crippen molar-refractivity contribution in [2.45, 2.75) is 25.3 Å². The number of thiocarbonyl (C=S) groups is 1. The van der Waals surface area contributed by atoms with Gasteiger partial charge in [-0.05, 0) is 26.1 Å². The van der Waals surface area contributed by atoms with E-state index in [9.17, 15) is 8.42 Å². The number of nitrogens with zero attached hydrogens (tertiary/aromatic N) is 1. The molecule has 2 N–H and O–H groups in total. The molecule has 0 aromatic carbocycles. The number of hydrogen-bond donors (Lipinski definition) is 2. The second-order valence-corrected chi connectivity index (χ2v) is 8.78. The van der Waals surface area contributed by atoms with Gasteiger partial charge >= 0.3 is 0 Å². The number of alkyl halides is 1. The Morgan fingerprint density at radius 1 is 1.47 bits per heavy atom. The van der Waals surface area contributed by atoms with E-state index < -0.39 is 15.2 Å². The maximum absolute atomic E-state index is 11.4. The Hall–Kier alpha value is -0.440. The molecule has 1 aliphatic heterocycles. The molecule has 1 saturated heterocycles. The highest BCUT2D eigenvalue weighted by molar-refractivity contribution is 7.91. The Morgan fingerprint density at radius 3 is 2.63 bits per heavy atom. The average molecular weight is 340 g/mol. The van der Waals surface area contributed by atoms with Crippen LogP contribution in [0.1, 0.15) is 10.6 Å². The average Bonchev–Trinajstić information content (AvgIpc) is 2.67. The molecule has 1 aromatic heterocycles. The summed E-state index contributed by atoms with van der Waals surface area (Å²) < 4.78 is 22.9. The molecule has 0 unspecified atom stereocenters. The van der Waals surface area contributed by atoms with Crippen LogP contribution in [-0.4, -0.2) is 41.4 Å². The monoisotopic (exact) mass is 339 g/mol. The van der Waals surface area contributed by atoms with E-state index in [2.05, 4.69) is 15.6 Å². The number of hydrogen-bond acceptors (Lipinski definition) is 5. The van der Waals surface area contributed by atoms with Gasteiger partial charge in [0.1, 0.15) is 0 Å². The second kappa shape index (κ2) is 5.51. The van der Waals surface area contributed by atoms with Gasteiger partial charge in [0.2, 0.25) is 0 Å². The molecule has 2 rings (SSSR count). The molecule has 0 radical (unpaired) electrons. The first-order chi connectivity index (χ1) is 8.77. The number of sulfone groups is 1. The molecule has 0 saturated carbocycles. The number of halogens is 1. The van der Waals surface area contributed by atoms with Gasteiger partial charge < -0.3 is 10.6 Å². The number of aromatic nitrogens is 1. The molecule has 0 aliphatic carbocycles. The molecule has 2 heterocycles. The van der Waals surface area contributed by atoms with Crippen LogP contribution in [0.2, 0.25) is 0 Å². The molecule has 2 atom stereocenters. The third-order valence-electron chi connectivity index (χ3n) is 2.85. The van der Waals surface area contributed by atoms with Gasteiger partial charge in [-0.3, -0.25) is 0 Å². The summed E-state index contributed by atoms with van der Waals surface area (Å²) in [5, 5.41) is 6.48. The zero-order valence-electron chi connectivity index (χ0n) is 10.4. The van der Waals surface area contributed by atoms with E-state index in [1.807, 2.05) is 13.8 Å². The smallest absolute Gasteiger partial charge is 0.189 e. The quantitative estimate of drug-likeness (QED) is 0.628. The second-order valence-electron chi connectivity index (χ2n) is 4.46. The van der Waals surface area contributed by atoms with Crippen molar-refractivity contribution in [2.24, 2.45) is 0 Å². The topological polar surface area (TPSA) is 71.1 Å². The number of thiazole rings is 1. The first-order valence-corrected chi connectivity index (χ1v) is 9.11. The lowest BCUT2D eigenvalue weighted by Crippen LogP contribution is -2.42. The van der Waals surface area contributed by atoms with Crippen molar-refractivity contribution in [2.75, 3.05) is 16.8 Å². The molecule has 1 aromatic rings. The third-order valence-corrected chi connectivity index (χ3v) is 6.43. The molecule has 5 nitrogen and oxygen atoms in total. The SMILES string of the molecule is Cc1nc(NC(=S)N[C@H]2CS(=O)(=O)C[C@H]2Cl)sc1C. The standard InChI is InChI=1S/C10H14ClN3O2S3/c1-5-6(2)18-10(12-5)14-9(17)13-8-4-19(15,16)3-7(8)11/h7-8H,3-4H2,1-2H3,(H2,12,13,14,17)/t7-,8+/m1/s1. The van der Waals surface area contributed by atoms with E-state index >= 15 is 0 Å². The minimum atomic E-state index is -3.06. The van der Waals surface area contributed by atoms with Crippen LogP contribution in [0, 0.1) is 13.8 Å². The van der Waals surface area contributed by atoms with E-state index in [0.717, 1.165) is 10.6 Å². The predicted molar refractivity (Wildman–Crippen MR) is 83.0 cm³/mol. The fourth-order valence-electron chi connectivity index (χ4n) is 1.76. The highest BCUT2D eigenvalue weighted by Crippen LogP contribution is 2.22. The first-order valence-electron chi connectivity index (χ1n) is 5.63. The number of anilines is 1. The Balaban J connectivity index is 1.95. The predicted octanol–water partition coefficient (Wildman–Crippen LogP) is 1.45. The number of aryl methyl sites for hydroxylation is 2. The third kappa shape index (κ3) is 3.77. The van der Waals surface area contributed by atoms with Crippen LogP contribution in [0.15, 0.2) is 0 Å². The molecule has 0 bridgehead atoms. The number of nitrogens with one attached hydrogen (secondary N) is 2. The summed E-state index contributed by atoms with van der Waals surface area (Å²) in [4.78, 5) is 5.42. The first kappa shape index (κ1) is 15.0.